The van der Waals surface area contributed by atoms with E-state index in [1.54, 1.807) is 17.1 Å². The molecule has 242 valence electrons. The maximum atomic E-state index is 14.1. The van der Waals surface area contributed by atoms with E-state index >= 15 is 0 Å². The lowest BCUT2D eigenvalue weighted by atomic mass is 9.85. The van der Waals surface area contributed by atoms with Crippen molar-refractivity contribution in [3.63, 3.8) is 0 Å². The van der Waals surface area contributed by atoms with Crippen molar-refractivity contribution in [1.29, 1.82) is 0 Å². The molecule has 3 heterocycles. The van der Waals surface area contributed by atoms with Gasteiger partial charge in [0.05, 0.1) is 25.5 Å². The molecule has 0 bridgehead atoms. The van der Waals surface area contributed by atoms with Crippen LogP contribution in [-0.4, -0.2) is 55.9 Å². The molecule has 2 aliphatic rings. The second-order valence-corrected chi connectivity index (χ2v) is 12.4. The standard InChI is InChI=1S/C31H31FN3O10P/c32-24-17-34(30(39)33-28(24)37)27-16-25(36)26(44-27)19-43-46(40,41)45-29(38)31(23-13-6-11-21-10-4-5-12-22(21)23)14-7-15-35(31)42-18-20-8-2-1-3-9-20/h1-6,8-13,17,25-27,36H,7,14-16,18-19H2,(H,40,41)(H,33,37,39)/t25-,26+,27+,31+/m0/s1. The quantitative estimate of drug-likeness (QED) is 0.214. The molecule has 0 aliphatic carbocycles. The smallest absolute Gasteiger partial charge is 0.390 e. The number of nitrogens with one attached hydrogen (secondary N) is 1. The summed E-state index contributed by atoms with van der Waals surface area (Å²) in [7, 11) is -5.12. The Labute approximate surface area is 261 Å². The van der Waals surface area contributed by atoms with Crippen molar-refractivity contribution in [3.8, 4) is 0 Å². The number of benzene rings is 3. The summed E-state index contributed by atoms with van der Waals surface area (Å²) >= 11 is 0. The number of ether oxygens (including phenoxy) is 1. The average molecular weight is 656 g/mol. The maximum Gasteiger partial charge on any atom is 0.529 e. The van der Waals surface area contributed by atoms with Crippen molar-refractivity contribution in [2.75, 3.05) is 13.2 Å². The second kappa shape index (κ2) is 13.0. The van der Waals surface area contributed by atoms with Crippen LogP contribution in [0.5, 0.6) is 0 Å². The molecule has 15 heteroatoms. The summed E-state index contributed by atoms with van der Waals surface area (Å²) in [6, 6.07) is 22.2. The number of hydrogen-bond donors (Lipinski definition) is 3. The molecule has 2 saturated heterocycles. The van der Waals surface area contributed by atoms with Crippen LogP contribution in [-0.2, 0) is 40.1 Å². The number of aromatic amines is 1. The lowest BCUT2D eigenvalue weighted by Crippen LogP contribution is -2.48. The molecular formula is C31H31FN3O10P. The minimum Gasteiger partial charge on any atom is -0.390 e. The van der Waals surface area contributed by atoms with Crippen LogP contribution in [0.1, 0.15) is 36.6 Å². The number of hydrogen-bond acceptors (Lipinski definition) is 10. The summed E-state index contributed by atoms with van der Waals surface area (Å²) < 4.78 is 43.6. The van der Waals surface area contributed by atoms with Gasteiger partial charge in [-0.25, -0.2) is 14.2 Å². The van der Waals surface area contributed by atoms with Crippen LogP contribution in [0.15, 0.2) is 88.6 Å². The van der Waals surface area contributed by atoms with Crippen LogP contribution in [0.3, 0.4) is 0 Å². The van der Waals surface area contributed by atoms with E-state index in [-0.39, 0.29) is 19.4 Å². The molecule has 1 aromatic heterocycles. The zero-order valence-corrected chi connectivity index (χ0v) is 25.3. The summed E-state index contributed by atoms with van der Waals surface area (Å²) in [5, 5.41) is 13.5. The molecule has 3 aromatic carbocycles. The monoisotopic (exact) mass is 655 g/mol. The first kappa shape index (κ1) is 32.0. The van der Waals surface area contributed by atoms with Gasteiger partial charge in [-0.3, -0.25) is 28.6 Å². The number of aromatic nitrogens is 2. The van der Waals surface area contributed by atoms with Gasteiger partial charge in [0.25, 0.3) is 5.56 Å². The van der Waals surface area contributed by atoms with Crippen LogP contribution >= 0.6 is 7.82 Å². The Morgan fingerprint density at radius 2 is 1.83 bits per heavy atom. The van der Waals surface area contributed by atoms with E-state index in [1.807, 2.05) is 60.7 Å². The van der Waals surface area contributed by atoms with E-state index in [2.05, 4.69) is 0 Å². The van der Waals surface area contributed by atoms with Crippen molar-refractivity contribution in [2.45, 2.75) is 49.8 Å². The number of aliphatic hydroxyl groups excluding tert-OH is 1. The van der Waals surface area contributed by atoms with Crippen LogP contribution in [0.2, 0.25) is 0 Å². The Kier molecular flexibility index (Phi) is 9.03. The number of hydroxylamine groups is 2. The third-order valence-electron chi connectivity index (χ3n) is 8.17. The molecule has 0 spiro atoms. The molecule has 3 N–H and O–H groups in total. The number of H-pyrrole nitrogens is 1. The molecule has 6 rings (SSSR count). The minimum absolute atomic E-state index is 0.133. The molecule has 5 atom stereocenters. The van der Waals surface area contributed by atoms with Gasteiger partial charge in [0.15, 0.2) is 5.54 Å². The van der Waals surface area contributed by atoms with Crippen molar-refractivity contribution in [1.82, 2.24) is 14.6 Å². The van der Waals surface area contributed by atoms with Gasteiger partial charge in [-0.2, -0.15) is 9.45 Å². The van der Waals surface area contributed by atoms with Crippen LogP contribution in [0.25, 0.3) is 10.8 Å². The highest BCUT2D eigenvalue weighted by molar-refractivity contribution is 7.48. The van der Waals surface area contributed by atoms with Gasteiger partial charge < -0.3 is 14.4 Å². The van der Waals surface area contributed by atoms with Crippen molar-refractivity contribution >= 4 is 24.6 Å². The second-order valence-electron chi connectivity index (χ2n) is 11.1. The first-order chi connectivity index (χ1) is 22.1. The van der Waals surface area contributed by atoms with Crippen LogP contribution < -0.4 is 11.2 Å². The van der Waals surface area contributed by atoms with Crippen molar-refractivity contribution in [2.24, 2.45) is 0 Å². The van der Waals surface area contributed by atoms with Crippen molar-refractivity contribution < 1.29 is 42.4 Å². The van der Waals surface area contributed by atoms with Crippen molar-refractivity contribution in [3.05, 3.63) is 117 Å². The van der Waals surface area contributed by atoms with E-state index in [1.165, 1.54) is 5.06 Å². The molecule has 13 nitrogen and oxygen atoms in total. The normalized spacial score (nSPS) is 24.6. The third-order valence-corrected chi connectivity index (χ3v) is 9.04. The van der Waals surface area contributed by atoms with Crippen LogP contribution in [0, 0.1) is 5.82 Å². The molecule has 4 aromatic rings. The highest BCUT2D eigenvalue weighted by atomic mass is 31.2. The van der Waals surface area contributed by atoms with E-state index in [4.69, 9.17) is 18.6 Å². The summed E-state index contributed by atoms with van der Waals surface area (Å²) in [6.45, 7) is -0.251. The highest BCUT2D eigenvalue weighted by Crippen LogP contribution is 2.50. The summed E-state index contributed by atoms with van der Waals surface area (Å²) in [6.07, 6.45) is -2.61. The number of halogens is 1. The summed E-state index contributed by atoms with van der Waals surface area (Å²) in [5.41, 5.74) is -2.42. The summed E-state index contributed by atoms with van der Waals surface area (Å²) in [4.78, 5) is 56.3. The Morgan fingerprint density at radius 1 is 1.09 bits per heavy atom. The minimum atomic E-state index is -5.12. The van der Waals surface area contributed by atoms with Gasteiger partial charge in [-0.1, -0.05) is 72.8 Å². The largest absolute Gasteiger partial charge is 0.529 e. The molecule has 46 heavy (non-hydrogen) atoms. The summed E-state index contributed by atoms with van der Waals surface area (Å²) in [5.74, 6) is -2.31. The zero-order chi connectivity index (χ0) is 32.5. The highest BCUT2D eigenvalue weighted by Gasteiger charge is 2.54. The van der Waals surface area contributed by atoms with Gasteiger partial charge in [-0.05, 0) is 34.7 Å². The van der Waals surface area contributed by atoms with Crippen LogP contribution in [0.4, 0.5) is 4.39 Å². The molecule has 2 fully saturated rings. The maximum absolute atomic E-state index is 14.1. The Bertz CT molecular complexity index is 1900. The molecule has 2 aliphatic heterocycles. The lowest BCUT2D eigenvalue weighted by molar-refractivity contribution is -0.223. The number of phosphoric acid groups is 1. The van der Waals surface area contributed by atoms with E-state index in [0.717, 1.165) is 20.9 Å². The Hall–Kier alpha value is -4.01. The molecule has 0 amide bonds. The average Bonchev–Trinajstić information content (AvgIpc) is 3.64. The van der Waals surface area contributed by atoms with Gasteiger partial charge in [-0.15, -0.1) is 0 Å². The Balaban J connectivity index is 1.22. The Morgan fingerprint density at radius 3 is 2.63 bits per heavy atom. The number of nitrogens with zero attached hydrogens (tertiary/aromatic N) is 2. The van der Waals surface area contributed by atoms with E-state index in [9.17, 15) is 33.3 Å². The van der Waals surface area contributed by atoms with E-state index < -0.39 is 61.4 Å². The molecular weight excluding hydrogens is 624 g/mol. The van der Waals surface area contributed by atoms with Gasteiger partial charge in [0, 0.05) is 13.0 Å². The number of carbonyl (C=O) groups excluding carboxylic acids is 1. The number of rotatable bonds is 10. The molecule has 0 radical (unpaired) electrons. The predicted octanol–water partition coefficient (Wildman–Crippen LogP) is 3.26. The number of fused-ring (bicyclic) bond motifs is 1. The fraction of sp³-hybridized carbons (Fsp3) is 0.323. The molecule has 1 unspecified atom stereocenters. The van der Waals surface area contributed by atoms with Gasteiger partial charge in [0.2, 0.25) is 5.82 Å². The predicted molar refractivity (Wildman–Crippen MR) is 160 cm³/mol. The first-order valence-corrected chi connectivity index (χ1v) is 16.1. The SMILES string of the molecule is O=C(OP(=O)(O)OC[C@H]1O[C@@H](n2cc(F)c(=O)[nH]c2=O)C[C@@H]1O)[C@]1(c2cccc3ccccc23)CCCN1OCc1ccccc1. The number of aliphatic hydroxyl groups is 1. The number of carbonyl (C=O) groups is 1. The van der Waals surface area contributed by atoms with Gasteiger partial charge >= 0.3 is 19.5 Å². The fourth-order valence-corrected chi connectivity index (χ4v) is 6.70. The lowest BCUT2D eigenvalue weighted by Gasteiger charge is -2.36. The van der Waals surface area contributed by atoms with E-state index in [0.29, 0.717) is 24.7 Å². The topological polar surface area (TPSA) is 170 Å². The number of phosphoric ester groups is 1. The van der Waals surface area contributed by atoms with Gasteiger partial charge in [0.1, 0.15) is 12.3 Å². The molecule has 0 saturated carbocycles. The zero-order valence-electron chi connectivity index (χ0n) is 24.4. The third kappa shape index (κ3) is 6.33. The fourth-order valence-electron chi connectivity index (χ4n) is 5.95. The first-order valence-electron chi connectivity index (χ1n) is 14.6.